The summed E-state index contributed by atoms with van der Waals surface area (Å²) in [5.41, 5.74) is 2.63. The van der Waals surface area contributed by atoms with Crippen molar-refractivity contribution in [1.29, 1.82) is 0 Å². The normalized spacial score (nSPS) is 15.2. The minimum Gasteiger partial charge on any atom is -0.497 e. The lowest BCUT2D eigenvalue weighted by Crippen LogP contribution is -2.30. The topological polar surface area (TPSA) is 72.9 Å². The van der Waals surface area contributed by atoms with Crippen LogP contribution in [0, 0.1) is 0 Å². The summed E-state index contributed by atoms with van der Waals surface area (Å²) in [4.78, 5) is 40.1. The second-order valence-corrected chi connectivity index (χ2v) is 7.45. The van der Waals surface area contributed by atoms with Crippen LogP contribution in [0.4, 0.5) is 5.69 Å². The third kappa shape index (κ3) is 4.41. The number of ketones is 1. The molecule has 0 radical (unpaired) electrons. The Balaban J connectivity index is 1.71. The van der Waals surface area contributed by atoms with E-state index in [4.69, 9.17) is 9.47 Å². The molecule has 166 valence electrons. The van der Waals surface area contributed by atoms with E-state index >= 15 is 0 Å². The van der Waals surface area contributed by atoms with Crippen molar-refractivity contribution in [3.63, 3.8) is 0 Å². The molecule has 0 fully saturated rings. The molecule has 3 aromatic carbocycles. The van der Waals surface area contributed by atoms with Gasteiger partial charge in [0.15, 0.2) is 5.78 Å². The largest absolute Gasteiger partial charge is 0.497 e. The van der Waals surface area contributed by atoms with Crippen LogP contribution in [0.3, 0.4) is 0 Å². The molecule has 0 bridgehead atoms. The van der Waals surface area contributed by atoms with Crippen molar-refractivity contribution in [3.05, 3.63) is 107 Å². The van der Waals surface area contributed by atoms with Crippen LogP contribution in [0.1, 0.15) is 39.2 Å². The van der Waals surface area contributed by atoms with Gasteiger partial charge in [0, 0.05) is 22.9 Å². The highest BCUT2D eigenvalue weighted by Gasteiger charge is 2.38. The maximum atomic E-state index is 13.4. The van der Waals surface area contributed by atoms with E-state index in [9.17, 15) is 14.4 Å². The number of esters is 1. The molecule has 0 spiro atoms. The number of Topliss-reactive ketones (excluding diaryl/α,β-unsaturated/α-hetero) is 1. The Morgan fingerprint density at radius 3 is 2.12 bits per heavy atom. The molecule has 6 nitrogen and oxygen atoms in total. The van der Waals surface area contributed by atoms with Crippen LogP contribution in [0.5, 0.6) is 5.75 Å². The molecule has 0 aromatic heterocycles. The summed E-state index contributed by atoms with van der Waals surface area (Å²) in [6, 6.07) is 22.2. The lowest BCUT2D eigenvalue weighted by Gasteiger charge is -2.27. The first-order valence-corrected chi connectivity index (χ1v) is 10.6. The predicted octanol–water partition coefficient (Wildman–Crippen LogP) is 4.77. The zero-order valence-electron chi connectivity index (χ0n) is 18.4. The third-order valence-electron chi connectivity index (χ3n) is 5.46. The van der Waals surface area contributed by atoms with Crippen molar-refractivity contribution in [2.24, 2.45) is 0 Å². The molecule has 0 aliphatic carbocycles. The van der Waals surface area contributed by atoms with Crippen molar-refractivity contribution in [1.82, 2.24) is 0 Å². The summed E-state index contributed by atoms with van der Waals surface area (Å²) >= 11 is 0. The number of methoxy groups -OCH3 is 1. The summed E-state index contributed by atoms with van der Waals surface area (Å²) < 4.78 is 10.2. The van der Waals surface area contributed by atoms with Crippen LogP contribution in [-0.4, -0.2) is 31.4 Å². The number of carbonyl (C=O) groups excluding carboxylic acids is 3. The summed E-state index contributed by atoms with van der Waals surface area (Å²) in [5, 5.41) is 0. The zero-order valence-corrected chi connectivity index (χ0v) is 18.4. The highest BCUT2D eigenvalue weighted by atomic mass is 16.5. The van der Waals surface area contributed by atoms with Gasteiger partial charge < -0.3 is 9.47 Å². The smallest absolute Gasteiger partial charge is 0.338 e. The minimum atomic E-state index is -0.596. The molecule has 1 amide bonds. The van der Waals surface area contributed by atoms with E-state index in [1.165, 1.54) is 6.08 Å². The second kappa shape index (κ2) is 9.53. The Morgan fingerprint density at radius 1 is 0.879 bits per heavy atom. The molecule has 3 aromatic rings. The van der Waals surface area contributed by atoms with Gasteiger partial charge in [-0.2, -0.15) is 0 Å². The van der Waals surface area contributed by atoms with Gasteiger partial charge in [0.1, 0.15) is 5.75 Å². The second-order valence-electron chi connectivity index (χ2n) is 7.45. The SMILES string of the molecule is CCOC(=O)c1ccc(N2C(=O)C=C(C(=O)c3ccc(OC)cc3)C2c2ccccc2)cc1. The standard InChI is InChI=1S/C27H23NO5/c1-3-33-27(31)20-9-13-21(14-10-20)28-24(29)17-23(25(28)18-7-5-4-6-8-18)26(30)19-11-15-22(32-2)16-12-19/h4-17,25H,3H2,1-2H3. The van der Waals surface area contributed by atoms with Gasteiger partial charge in [-0.1, -0.05) is 30.3 Å². The molecule has 1 aliphatic heterocycles. The molecular formula is C27H23NO5. The van der Waals surface area contributed by atoms with Gasteiger partial charge in [-0.15, -0.1) is 0 Å². The van der Waals surface area contributed by atoms with E-state index in [-0.39, 0.29) is 18.3 Å². The lowest BCUT2D eigenvalue weighted by atomic mass is 9.93. The number of benzene rings is 3. The molecular weight excluding hydrogens is 418 g/mol. The van der Waals surface area contributed by atoms with Crippen LogP contribution >= 0.6 is 0 Å². The van der Waals surface area contributed by atoms with Gasteiger partial charge in [0.25, 0.3) is 5.91 Å². The molecule has 1 heterocycles. The maximum absolute atomic E-state index is 13.4. The molecule has 4 rings (SSSR count). The van der Waals surface area contributed by atoms with Crippen LogP contribution in [-0.2, 0) is 9.53 Å². The van der Waals surface area contributed by atoms with E-state index in [0.717, 1.165) is 5.56 Å². The van der Waals surface area contributed by atoms with E-state index < -0.39 is 12.0 Å². The number of rotatable bonds is 7. The van der Waals surface area contributed by atoms with E-state index in [0.29, 0.717) is 28.1 Å². The number of nitrogens with zero attached hydrogens (tertiary/aromatic N) is 1. The van der Waals surface area contributed by atoms with Crippen LogP contribution in [0.2, 0.25) is 0 Å². The third-order valence-corrected chi connectivity index (χ3v) is 5.46. The summed E-state index contributed by atoms with van der Waals surface area (Å²) in [6.45, 7) is 2.02. The average molecular weight is 441 g/mol. The van der Waals surface area contributed by atoms with Crippen molar-refractivity contribution in [2.75, 3.05) is 18.6 Å². The molecule has 6 heteroatoms. The first-order chi connectivity index (χ1) is 16.0. The van der Waals surface area contributed by atoms with Gasteiger partial charge in [-0.25, -0.2) is 4.79 Å². The Morgan fingerprint density at radius 2 is 1.52 bits per heavy atom. The molecule has 0 N–H and O–H groups in total. The van der Waals surface area contributed by atoms with Crippen molar-refractivity contribution < 1.29 is 23.9 Å². The zero-order chi connectivity index (χ0) is 23.4. The molecule has 1 atom stereocenters. The molecule has 33 heavy (non-hydrogen) atoms. The Labute approximate surface area is 192 Å². The number of anilines is 1. The fourth-order valence-corrected chi connectivity index (χ4v) is 3.86. The lowest BCUT2D eigenvalue weighted by molar-refractivity contribution is -0.113. The van der Waals surface area contributed by atoms with Gasteiger partial charge in [0.2, 0.25) is 0 Å². The number of ether oxygens (including phenoxy) is 2. The first kappa shape index (κ1) is 22.0. The summed E-state index contributed by atoms with van der Waals surface area (Å²) in [7, 11) is 1.56. The summed E-state index contributed by atoms with van der Waals surface area (Å²) in [5.74, 6) is -0.314. The minimum absolute atomic E-state index is 0.231. The monoisotopic (exact) mass is 441 g/mol. The van der Waals surface area contributed by atoms with Gasteiger partial charge in [-0.05, 0) is 61.0 Å². The van der Waals surface area contributed by atoms with Crippen LogP contribution in [0.25, 0.3) is 0 Å². The van der Waals surface area contributed by atoms with Crippen LogP contribution < -0.4 is 9.64 Å². The molecule has 1 unspecified atom stereocenters. The molecule has 0 saturated heterocycles. The molecule has 1 aliphatic rings. The Kier molecular flexibility index (Phi) is 6.36. The quantitative estimate of drug-likeness (QED) is 0.390. The predicted molar refractivity (Wildman–Crippen MR) is 124 cm³/mol. The average Bonchev–Trinajstić information content (AvgIpc) is 3.21. The van der Waals surface area contributed by atoms with Crippen LogP contribution in [0.15, 0.2) is 90.5 Å². The first-order valence-electron chi connectivity index (χ1n) is 10.6. The molecule has 0 saturated carbocycles. The van der Waals surface area contributed by atoms with Crippen molar-refractivity contribution >= 4 is 23.3 Å². The number of hydrogen-bond acceptors (Lipinski definition) is 5. The number of amides is 1. The van der Waals surface area contributed by atoms with Crippen molar-refractivity contribution in [2.45, 2.75) is 13.0 Å². The maximum Gasteiger partial charge on any atom is 0.338 e. The Hall–Kier alpha value is -4.19. The van der Waals surface area contributed by atoms with Crippen molar-refractivity contribution in [3.8, 4) is 5.75 Å². The van der Waals surface area contributed by atoms with E-state index in [1.807, 2.05) is 30.3 Å². The summed E-state index contributed by atoms with van der Waals surface area (Å²) in [6.07, 6.45) is 1.39. The Bertz CT molecular complexity index is 1200. The van der Waals surface area contributed by atoms with E-state index in [1.54, 1.807) is 67.5 Å². The van der Waals surface area contributed by atoms with E-state index in [2.05, 4.69) is 0 Å². The fraction of sp³-hybridized carbons (Fsp3) is 0.148. The van der Waals surface area contributed by atoms with Gasteiger partial charge in [0.05, 0.1) is 25.3 Å². The number of hydrogen-bond donors (Lipinski definition) is 0. The highest BCUT2D eigenvalue weighted by Crippen LogP contribution is 2.39. The number of carbonyl (C=O) groups is 3. The van der Waals surface area contributed by atoms with Gasteiger partial charge in [-0.3, -0.25) is 14.5 Å². The van der Waals surface area contributed by atoms with Gasteiger partial charge >= 0.3 is 5.97 Å². The fourth-order valence-electron chi connectivity index (χ4n) is 3.86. The highest BCUT2D eigenvalue weighted by molar-refractivity contribution is 6.19.